The highest BCUT2D eigenvalue weighted by molar-refractivity contribution is 6.32. The van der Waals surface area contributed by atoms with Crippen LogP contribution in [0.5, 0.6) is 5.88 Å². The van der Waals surface area contributed by atoms with Crippen molar-refractivity contribution in [2.45, 2.75) is 6.92 Å². The second-order valence-corrected chi connectivity index (χ2v) is 5.18. The number of carbonyl (C=O) groups excluding carboxylic acids is 1. The second-order valence-electron chi connectivity index (χ2n) is 4.77. The number of pyridine rings is 1. The van der Waals surface area contributed by atoms with Gasteiger partial charge in [0.15, 0.2) is 5.69 Å². The number of hydrogen-bond donors (Lipinski definition) is 1. The molecule has 0 saturated carbocycles. The highest BCUT2D eigenvalue weighted by Crippen LogP contribution is 2.19. The van der Waals surface area contributed by atoms with E-state index in [2.05, 4.69) is 20.6 Å². The first kappa shape index (κ1) is 15.9. The summed E-state index contributed by atoms with van der Waals surface area (Å²) in [6.07, 6.45) is 3.03. The molecule has 0 atom stereocenters. The summed E-state index contributed by atoms with van der Waals surface area (Å²) >= 11 is 6.11. The molecule has 1 amide bonds. The van der Waals surface area contributed by atoms with E-state index in [1.807, 2.05) is 19.1 Å². The largest absolute Gasteiger partial charge is 0.478 e. The third kappa shape index (κ3) is 3.52. The number of aromatic nitrogens is 4. The minimum Gasteiger partial charge on any atom is -0.478 e. The summed E-state index contributed by atoms with van der Waals surface area (Å²) in [5.74, 6) is 0.111. The fourth-order valence-corrected chi connectivity index (χ4v) is 2.23. The van der Waals surface area contributed by atoms with E-state index in [9.17, 15) is 4.79 Å². The SMILES string of the molecule is CCOc1ccc(NC(=O)c2cn(-c3ccccc3Cl)nn2)cn1. The first-order valence-corrected chi connectivity index (χ1v) is 7.62. The van der Waals surface area contributed by atoms with E-state index in [-0.39, 0.29) is 11.6 Å². The number of halogens is 1. The molecule has 2 heterocycles. The van der Waals surface area contributed by atoms with E-state index in [1.54, 1.807) is 24.3 Å². The Kier molecular flexibility index (Phi) is 4.72. The number of rotatable bonds is 5. The Morgan fingerprint density at radius 2 is 2.12 bits per heavy atom. The fourth-order valence-electron chi connectivity index (χ4n) is 2.01. The van der Waals surface area contributed by atoms with Gasteiger partial charge in [0.25, 0.3) is 5.91 Å². The van der Waals surface area contributed by atoms with Crippen molar-refractivity contribution in [3.05, 3.63) is 59.5 Å². The van der Waals surface area contributed by atoms with Crippen molar-refractivity contribution in [2.24, 2.45) is 0 Å². The zero-order chi connectivity index (χ0) is 16.9. The molecule has 0 fully saturated rings. The molecule has 0 bridgehead atoms. The van der Waals surface area contributed by atoms with E-state index >= 15 is 0 Å². The minimum absolute atomic E-state index is 0.170. The van der Waals surface area contributed by atoms with Gasteiger partial charge in [0, 0.05) is 6.07 Å². The van der Waals surface area contributed by atoms with Crippen LogP contribution in [0.2, 0.25) is 5.02 Å². The maximum Gasteiger partial charge on any atom is 0.277 e. The van der Waals surface area contributed by atoms with Crippen molar-refractivity contribution < 1.29 is 9.53 Å². The number of amides is 1. The van der Waals surface area contributed by atoms with Gasteiger partial charge in [-0.2, -0.15) is 0 Å². The number of benzene rings is 1. The predicted octanol–water partition coefficient (Wildman–Crippen LogP) is 2.97. The van der Waals surface area contributed by atoms with Gasteiger partial charge in [-0.15, -0.1) is 5.10 Å². The van der Waals surface area contributed by atoms with Gasteiger partial charge in [0.2, 0.25) is 5.88 Å². The molecule has 1 aromatic carbocycles. The number of anilines is 1. The van der Waals surface area contributed by atoms with Crippen molar-refractivity contribution in [3.8, 4) is 11.6 Å². The van der Waals surface area contributed by atoms with Gasteiger partial charge in [-0.3, -0.25) is 4.79 Å². The lowest BCUT2D eigenvalue weighted by molar-refractivity contribution is 0.102. The van der Waals surface area contributed by atoms with Crippen LogP contribution < -0.4 is 10.1 Å². The molecule has 0 radical (unpaired) electrons. The van der Waals surface area contributed by atoms with Crippen LogP contribution in [0.4, 0.5) is 5.69 Å². The summed E-state index contributed by atoms with van der Waals surface area (Å²) in [6.45, 7) is 2.41. The summed E-state index contributed by atoms with van der Waals surface area (Å²) in [4.78, 5) is 16.3. The van der Waals surface area contributed by atoms with Crippen LogP contribution in [0.15, 0.2) is 48.8 Å². The first-order chi connectivity index (χ1) is 11.7. The van der Waals surface area contributed by atoms with Crippen molar-refractivity contribution in [2.75, 3.05) is 11.9 Å². The summed E-state index contributed by atoms with van der Waals surface area (Å²) in [5.41, 5.74) is 1.35. The highest BCUT2D eigenvalue weighted by Gasteiger charge is 2.13. The van der Waals surface area contributed by atoms with Crippen LogP contribution in [0.1, 0.15) is 17.4 Å². The molecule has 122 valence electrons. The summed E-state index contributed by atoms with van der Waals surface area (Å²) in [6, 6.07) is 10.6. The monoisotopic (exact) mass is 343 g/mol. The van der Waals surface area contributed by atoms with Gasteiger partial charge >= 0.3 is 0 Å². The molecule has 8 heteroatoms. The Bertz CT molecular complexity index is 848. The molecule has 0 saturated heterocycles. The van der Waals surface area contributed by atoms with Crippen LogP contribution in [-0.4, -0.2) is 32.5 Å². The quantitative estimate of drug-likeness (QED) is 0.770. The van der Waals surface area contributed by atoms with E-state index in [1.165, 1.54) is 17.1 Å². The molecule has 3 rings (SSSR count). The molecule has 3 aromatic rings. The molecular formula is C16H14ClN5O2. The number of ether oxygens (including phenoxy) is 1. The average Bonchev–Trinajstić information content (AvgIpc) is 3.07. The maximum atomic E-state index is 12.2. The molecule has 0 aliphatic heterocycles. The summed E-state index contributed by atoms with van der Waals surface area (Å²) in [5, 5.41) is 11.0. The van der Waals surface area contributed by atoms with Crippen molar-refractivity contribution in [1.82, 2.24) is 20.0 Å². The molecule has 1 N–H and O–H groups in total. The van der Waals surface area contributed by atoms with Crippen LogP contribution in [0, 0.1) is 0 Å². The summed E-state index contributed by atoms with van der Waals surface area (Å²) in [7, 11) is 0. The Morgan fingerprint density at radius 1 is 1.29 bits per heavy atom. The van der Waals surface area contributed by atoms with E-state index < -0.39 is 0 Å². The Labute approximate surface area is 143 Å². The van der Waals surface area contributed by atoms with Crippen LogP contribution >= 0.6 is 11.6 Å². The Balaban J connectivity index is 1.73. The Morgan fingerprint density at radius 3 is 2.83 bits per heavy atom. The van der Waals surface area contributed by atoms with Gasteiger partial charge in [-0.05, 0) is 25.1 Å². The minimum atomic E-state index is -0.390. The lowest BCUT2D eigenvalue weighted by atomic mass is 10.3. The Hall–Kier alpha value is -2.93. The predicted molar refractivity (Wildman–Crippen MR) is 89.7 cm³/mol. The van der Waals surface area contributed by atoms with E-state index in [0.717, 1.165) is 0 Å². The van der Waals surface area contributed by atoms with Crippen LogP contribution in [0.3, 0.4) is 0 Å². The topological polar surface area (TPSA) is 81.9 Å². The third-order valence-corrected chi connectivity index (χ3v) is 3.43. The molecule has 0 spiro atoms. The van der Waals surface area contributed by atoms with Crippen molar-refractivity contribution >= 4 is 23.2 Å². The standard InChI is InChI=1S/C16H14ClN5O2/c1-2-24-15-8-7-11(9-18-15)19-16(23)13-10-22(21-20-13)14-6-4-3-5-12(14)17/h3-10H,2H2,1H3,(H,19,23). The molecule has 24 heavy (non-hydrogen) atoms. The van der Waals surface area contributed by atoms with E-state index in [0.29, 0.717) is 28.9 Å². The number of nitrogens with zero attached hydrogens (tertiary/aromatic N) is 4. The fraction of sp³-hybridized carbons (Fsp3) is 0.125. The molecular weight excluding hydrogens is 330 g/mol. The van der Waals surface area contributed by atoms with Gasteiger partial charge in [-0.25, -0.2) is 9.67 Å². The number of carbonyl (C=O) groups is 1. The molecule has 0 aliphatic carbocycles. The van der Waals surface area contributed by atoms with Gasteiger partial charge in [0.1, 0.15) is 0 Å². The van der Waals surface area contributed by atoms with Crippen LogP contribution in [-0.2, 0) is 0 Å². The van der Waals surface area contributed by atoms with Gasteiger partial charge < -0.3 is 10.1 Å². The second kappa shape index (κ2) is 7.10. The van der Waals surface area contributed by atoms with E-state index in [4.69, 9.17) is 16.3 Å². The zero-order valence-corrected chi connectivity index (χ0v) is 13.6. The number of para-hydroxylation sites is 1. The molecule has 0 unspecified atom stereocenters. The lowest BCUT2D eigenvalue weighted by Crippen LogP contribution is -2.12. The molecule has 0 aliphatic rings. The van der Waals surface area contributed by atoms with Gasteiger partial charge in [-0.1, -0.05) is 28.9 Å². The highest BCUT2D eigenvalue weighted by atomic mass is 35.5. The third-order valence-electron chi connectivity index (χ3n) is 3.11. The van der Waals surface area contributed by atoms with Crippen LogP contribution in [0.25, 0.3) is 5.69 Å². The van der Waals surface area contributed by atoms with Gasteiger partial charge in [0.05, 0.1) is 35.4 Å². The normalized spacial score (nSPS) is 10.4. The average molecular weight is 344 g/mol. The van der Waals surface area contributed by atoms with Crippen molar-refractivity contribution in [3.63, 3.8) is 0 Å². The summed E-state index contributed by atoms with van der Waals surface area (Å²) < 4.78 is 6.70. The lowest BCUT2D eigenvalue weighted by Gasteiger charge is -2.04. The zero-order valence-electron chi connectivity index (χ0n) is 12.8. The van der Waals surface area contributed by atoms with Crippen molar-refractivity contribution in [1.29, 1.82) is 0 Å². The number of nitrogens with one attached hydrogen (secondary N) is 1. The first-order valence-electron chi connectivity index (χ1n) is 7.25. The molecule has 2 aromatic heterocycles. The maximum absolute atomic E-state index is 12.2. The number of hydrogen-bond acceptors (Lipinski definition) is 5. The molecule has 7 nitrogen and oxygen atoms in total. The smallest absolute Gasteiger partial charge is 0.277 e.